The number of anilines is 1. The molecule has 0 bridgehead atoms. The van der Waals surface area contributed by atoms with E-state index in [0.29, 0.717) is 25.2 Å². The van der Waals surface area contributed by atoms with E-state index in [-0.39, 0.29) is 23.6 Å². The number of methoxy groups -OCH3 is 3. The number of hydrogen-bond donors (Lipinski definition) is 2. The van der Waals surface area contributed by atoms with Gasteiger partial charge in [-0.2, -0.15) is 0 Å². The van der Waals surface area contributed by atoms with Gasteiger partial charge in [-0.25, -0.2) is 9.59 Å². The summed E-state index contributed by atoms with van der Waals surface area (Å²) >= 11 is 0. The third-order valence-corrected chi connectivity index (χ3v) is 4.18. The Morgan fingerprint density at radius 2 is 1.68 bits per heavy atom. The normalized spacial score (nSPS) is 19.3. The largest absolute Gasteiger partial charge is 0.465 e. The summed E-state index contributed by atoms with van der Waals surface area (Å²) < 4.78 is 14.6. The Balaban J connectivity index is 2.32. The molecule has 0 aromatic heterocycles. The van der Waals surface area contributed by atoms with E-state index in [0.717, 1.165) is 0 Å². The molecular weight excluding hydrogens is 328 g/mol. The summed E-state index contributed by atoms with van der Waals surface area (Å²) in [5.74, 6) is -1.47. The van der Waals surface area contributed by atoms with Crippen molar-refractivity contribution in [3.8, 4) is 0 Å². The van der Waals surface area contributed by atoms with Gasteiger partial charge in [-0.15, -0.1) is 0 Å². The van der Waals surface area contributed by atoms with Crippen molar-refractivity contribution in [3.63, 3.8) is 0 Å². The number of carbonyl (C=O) groups is 3. The van der Waals surface area contributed by atoms with Crippen LogP contribution >= 0.6 is 0 Å². The van der Waals surface area contributed by atoms with Crippen LogP contribution in [0.4, 0.5) is 5.69 Å². The first-order chi connectivity index (χ1) is 12.0. The van der Waals surface area contributed by atoms with Gasteiger partial charge in [0.2, 0.25) is 5.91 Å². The van der Waals surface area contributed by atoms with Crippen molar-refractivity contribution in [2.24, 2.45) is 5.41 Å². The van der Waals surface area contributed by atoms with E-state index in [1.807, 2.05) is 0 Å². The monoisotopic (exact) mass is 350 g/mol. The van der Waals surface area contributed by atoms with Crippen LogP contribution in [0.25, 0.3) is 0 Å². The van der Waals surface area contributed by atoms with Crippen LogP contribution in [0.2, 0.25) is 0 Å². The zero-order valence-corrected chi connectivity index (χ0v) is 14.5. The molecule has 136 valence electrons. The van der Waals surface area contributed by atoms with Crippen LogP contribution in [-0.4, -0.2) is 58.9 Å². The average Bonchev–Trinajstić information content (AvgIpc) is 3.10. The SMILES string of the molecule is COCC1(C(=O)Nc2cc(C(=O)OC)cc(C(=O)OC)c2)CCNC1. The molecule has 1 aliphatic heterocycles. The number of benzene rings is 1. The maximum absolute atomic E-state index is 12.8. The molecule has 1 atom stereocenters. The summed E-state index contributed by atoms with van der Waals surface area (Å²) in [6.45, 7) is 1.48. The summed E-state index contributed by atoms with van der Waals surface area (Å²) in [7, 11) is 4.02. The molecule has 1 fully saturated rings. The highest BCUT2D eigenvalue weighted by atomic mass is 16.5. The van der Waals surface area contributed by atoms with E-state index in [1.54, 1.807) is 7.11 Å². The topological polar surface area (TPSA) is 103 Å². The minimum atomic E-state index is -0.693. The van der Waals surface area contributed by atoms with E-state index in [4.69, 9.17) is 4.74 Å². The van der Waals surface area contributed by atoms with E-state index in [2.05, 4.69) is 20.1 Å². The fraction of sp³-hybridized carbons (Fsp3) is 0.471. The molecule has 1 saturated heterocycles. The van der Waals surface area contributed by atoms with Crippen LogP contribution in [0.1, 0.15) is 27.1 Å². The van der Waals surface area contributed by atoms with E-state index >= 15 is 0 Å². The zero-order chi connectivity index (χ0) is 18.4. The quantitative estimate of drug-likeness (QED) is 0.732. The summed E-state index contributed by atoms with van der Waals surface area (Å²) in [6, 6.07) is 4.27. The molecule has 0 saturated carbocycles. The van der Waals surface area contributed by atoms with Crippen molar-refractivity contribution >= 4 is 23.5 Å². The third kappa shape index (κ3) is 4.15. The Kier molecular flexibility index (Phi) is 6.11. The standard InChI is InChI=1S/C17H22N2O6/c1-23-10-17(4-5-18-9-17)16(22)19-13-7-11(14(20)24-2)6-12(8-13)15(21)25-3/h6-8,18H,4-5,9-10H2,1-3H3,(H,19,22). The fourth-order valence-corrected chi connectivity index (χ4v) is 2.84. The number of esters is 2. The lowest BCUT2D eigenvalue weighted by molar-refractivity contribution is -0.127. The van der Waals surface area contributed by atoms with Crippen molar-refractivity contribution in [3.05, 3.63) is 29.3 Å². The van der Waals surface area contributed by atoms with Gasteiger partial charge in [-0.05, 0) is 31.2 Å². The molecular formula is C17H22N2O6. The van der Waals surface area contributed by atoms with Crippen molar-refractivity contribution in [1.29, 1.82) is 0 Å². The first kappa shape index (κ1) is 18.9. The second-order valence-electron chi connectivity index (χ2n) is 5.88. The van der Waals surface area contributed by atoms with Gasteiger partial charge < -0.3 is 24.8 Å². The zero-order valence-electron chi connectivity index (χ0n) is 14.5. The van der Waals surface area contributed by atoms with Gasteiger partial charge in [0.25, 0.3) is 0 Å². The molecule has 1 heterocycles. The van der Waals surface area contributed by atoms with Crippen molar-refractivity contribution in [1.82, 2.24) is 5.32 Å². The van der Waals surface area contributed by atoms with Gasteiger partial charge in [0.1, 0.15) is 0 Å². The van der Waals surface area contributed by atoms with Crippen LogP contribution < -0.4 is 10.6 Å². The Hall–Kier alpha value is -2.45. The number of amides is 1. The Labute approximate surface area is 145 Å². The van der Waals surface area contributed by atoms with Crippen LogP contribution in [0, 0.1) is 5.41 Å². The summed E-state index contributed by atoms with van der Waals surface area (Å²) in [5.41, 5.74) is -0.0886. The Bertz CT molecular complexity index is 633. The highest BCUT2D eigenvalue weighted by molar-refractivity contribution is 6.01. The Morgan fingerprint density at radius 3 is 2.12 bits per heavy atom. The molecule has 0 aliphatic carbocycles. The van der Waals surface area contributed by atoms with Crippen LogP contribution in [0.5, 0.6) is 0 Å². The summed E-state index contributed by atoms with van der Waals surface area (Å²) in [4.78, 5) is 36.4. The summed E-state index contributed by atoms with van der Waals surface area (Å²) in [5, 5.41) is 5.93. The second kappa shape index (κ2) is 8.09. The lowest BCUT2D eigenvalue weighted by Crippen LogP contribution is -2.41. The van der Waals surface area contributed by atoms with Gasteiger partial charge >= 0.3 is 11.9 Å². The number of carbonyl (C=O) groups excluding carboxylic acids is 3. The van der Waals surface area contributed by atoms with Gasteiger partial charge in [-0.3, -0.25) is 4.79 Å². The first-order valence-electron chi connectivity index (χ1n) is 7.78. The third-order valence-electron chi connectivity index (χ3n) is 4.18. The summed E-state index contributed by atoms with van der Waals surface area (Å²) in [6.07, 6.45) is 0.632. The molecule has 1 aromatic carbocycles. The highest BCUT2D eigenvalue weighted by Crippen LogP contribution is 2.28. The van der Waals surface area contributed by atoms with E-state index in [1.165, 1.54) is 32.4 Å². The van der Waals surface area contributed by atoms with E-state index < -0.39 is 17.4 Å². The Morgan fingerprint density at radius 1 is 1.08 bits per heavy atom. The van der Waals surface area contributed by atoms with Crippen molar-refractivity contribution in [2.45, 2.75) is 6.42 Å². The van der Waals surface area contributed by atoms with Crippen molar-refractivity contribution < 1.29 is 28.6 Å². The minimum absolute atomic E-state index is 0.144. The molecule has 25 heavy (non-hydrogen) atoms. The van der Waals surface area contributed by atoms with Gasteiger partial charge in [0, 0.05) is 19.3 Å². The van der Waals surface area contributed by atoms with Gasteiger partial charge in [0.05, 0.1) is 37.4 Å². The number of nitrogens with one attached hydrogen (secondary N) is 2. The average molecular weight is 350 g/mol. The molecule has 8 heteroatoms. The van der Waals surface area contributed by atoms with Crippen LogP contribution in [0.15, 0.2) is 18.2 Å². The first-order valence-corrected chi connectivity index (χ1v) is 7.78. The molecule has 1 aromatic rings. The van der Waals surface area contributed by atoms with Gasteiger partial charge in [0.15, 0.2) is 0 Å². The molecule has 2 rings (SSSR count). The number of hydrogen-bond acceptors (Lipinski definition) is 7. The van der Waals surface area contributed by atoms with Crippen LogP contribution in [-0.2, 0) is 19.0 Å². The maximum Gasteiger partial charge on any atom is 0.337 e. The molecule has 0 spiro atoms. The maximum atomic E-state index is 12.8. The second-order valence-corrected chi connectivity index (χ2v) is 5.88. The minimum Gasteiger partial charge on any atom is -0.465 e. The molecule has 1 unspecified atom stereocenters. The van der Waals surface area contributed by atoms with Crippen LogP contribution in [0.3, 0.4) is 0 Å². The van der Waals surface area contributed by atoms with E-state index in [9.17, 15) is 14.4 Å². The van der Waals surface area contributed by atoms with Gasteiger partial charge in [-0.1, -0.05) is 0 Å². The fourth-order valence-electron chi connectivity index (χ4n) is 2.84. The lowest BCUT2D eigenvalue weighted by atomic mass is 9.87. The predicted octanol–water partition coefficient (Wildman–Crippen LogP) is 0.824. The molecule has 0 radical (unpaired) electrons. The molecule has 1 aliphatic rings. The number of rotatable bonds is 6. The molecule has 2 N–H and O–H groups in total. The lowest BCUT2D eigenvalue weighted by Gasteiger charge is -2.26. The number of ether oxygens (including phenoxy) is 3. The highest BCUT2D eigenvalue weighted by Gasteiger charge is 2.41. The van der Waals surface area contributed by atoms with Crippen molar-refractivity contribution in [2.75, 3.05) is 46.3 Å². The molecule has 8 nitrogen and oxygen atoms in total. The molecule has 1 amide bonds. The smallest absolute Gasteiger partial charge is 0.337 e. The predicted molar refractivity (Wildman–Crippen MR) is 89.5 cm³/mol.